The lowest BCUT2D eigenvalue weighted by molar-refractivity contribution is -0.128. The molecule has 0 saturated carbocycles. The number of nitrogens with one attached hydrogen (secondary N) is 3. The van der Waals surface area contributed by atoms with Crippen LogP contribution in [0.15, 0.2) is 30.3 Å². The molecule has 3 amide bonds. The fraction of sp³-hybridized carbons (Fsp3) is 0.500. The van der Waals surface area contributed by atoms with E-state index in [0.29, 0.717) is 38.0 Å². The Morgan fingerprint density at radius 1 is 0.875 bits per heavy atom. The van der Waals surface area contributed by atoms with E-state index in [0.717, 1.165) is 0 Å². The van der Waals surface area contributed by atoms with E-state index in [9.17, 15) is 14.4 Å². The Morgan fingerprint density at radius 3 is 2.12 bits per heavy atom. The van der Waals surface area contributed by atoms with E-state index >= 15 is 0 Å². The monoisotopic (exact) mass is 333 g/mol. The molecular formula is C18H27N3O3. The average Bonchev–Trinajstić information content (AvgIpc) is 2.55. The summed E-state index contributed by atoms with van der Waals surface area (Å²) >= 11 is 0. The molecule has 3 N–H and O–H groups in total. The van der Waals surface area contributed by atoms with Gasteiger partial charge in [0.1, 0.15) is 0 Å². The summed E-state index contributed by atoms with van der Waals surface area (Å²) in [6.45, 7) is 6.77. The van der Waals surface area contributed by atoms with Crippen molar-refractivity contribution < 1.29 is 14.4 Å². The van der Waals surface area contributed by atoms with Gasteiger partial charge in [-0.15, -0.1) is 0 Å². The highest BCUT2D eigenvalue weighted by molar-refractivity contribution is 5.94. The molecule has 132 valence electrons. The first kappa shape index (κ1) is 19.7. The lowest BCUT2D eigenvalue weighted by Gasteiger charge is -2.17. The first-order valence-electron chi connectivity index (χ1n) is 8.19. The van der Waals surface area contributed by atoms with Crippen LogP contribution in [0.4, 0.5) is 0 Å². The predicted molar refractivity (Wildman–Crippen MR) is 93.5 cm³/mol. The molecule has 0 fully saturated rings. The van der Waals surface area contributed by atoms with Gasteiger partial charge in [0.25, 0.3) is 5.91 Å². The summed E-state index contributed by atoms with van der Waals surface area (Å²) < 4.78 is 0. The van der Waals surface area contributed by atoms with Gasteiger partial charge in [0, 0.05) is 37.0 Å². The molecule has 0 heterocycles. The molecule has 6 nitrogen and oxygen atoms in total. The number of benzene rings is 1. The van der Waals surface area contributed by atoms with Crippen molar-refractivity contribution in [3.05, 3.63) is 35.9 Å². The van der Waals surface area contributed by atoms with Crippen molar-refractivity contribution in [2.45, 2.75) is 33.6 Å². The molecular weight excluding hydrogens is 306 g/mol. The van der Waals surface area contributed by atoms with Crippen LogP contribution in [0, 0.1) is 5.41 Å². The maximum atomic E-state index is 11.8. The Hall–Kier alpha value is -2.37. The van der Waals surface area contributed by atoms with E-state index in [4.69, 9.17) is 0 Å². The molecule has 0 atom stereocenters. The minimum atomic E-state index is -0.417. The van der Waals surface area contributed by atoms with Gasteiger partial charge in [-0.1, -0.05) is 39.0 Å². The van der Waals surface area contributed by atoms with Gasteiger partial charge in [0.15, 0.2) is 0 Å². The summed E-state index contributed by atoms with van der Waals surface area (Å²) in [7, 11) is 0. The smallest absolute Gasteiger partial charge is 0.251 e. The van der Waals surface area contributed by atoms with Crippen LogP contribution >= 0.6 is 0 Å². The molecule has 1 rings (SSSR count). The van der Waals surface area contributed by atoms with Crippen molar-refractivity contribution >= 4 is 17.7 Å². The van der Waals surface area contributed by atoms with Crippen molar-refractivity contribution in [3.8, 4) is 0 Å². The molecule has 0 bridgehead atoms. The summed E-state index contributed by atoms with van der Waals surface area (Å²) in [5.74, 6) is -0.268. The van der Waals surface area contributed by atoms with E-state index in [1.165, 1.54) is 0 Å². The van der Waals surface area contributed by atoms with Crippen LogP contribution in [-0.4, -0.2) is 37.4 Å². The highest BCUT2D eigenvalue weighted by Crippen LogP contribution is 2.12. The Balaban J connectivity index is 2.08. The van der Waals surface area contributed by atoms with Crippen LogP contribution in [0.1, 0.15) is 44.0 Å². The van der Waals surface area contributed by atoms with Crippen molar-refractivity contribution in [3.63, 3.8) is 0 Å². The zero-order chi connectivity index (χ0) is 18.0. The van der Waals surface area contributed by atoms with E-state index in [1.807, 2.05) is 26.8 Å². The molecule has 24 heavy (non-hydrogen) atoms. The van der Waals surface area contributed by atoms with Crippen LogP contribution in [0.5, 0.6) is 0 Å². The van der Waals surface area contributed by atoms with Crippen LogP contribution < -0.4 is 16.0 Å². The predicted octanol–water partition coefficient (Wildman–Crippen LogP) is 1.48. The van der Waals surface area contributed by atoms with E-state index in [2.05, 4.69) is 16.0 Å². The quantitative estimate of drug-likeness (QED) is 0.630. The molecule has 0 aromatic heterocycles. The lowest BCUT2D eigenvalue weighted by atomic mass is 9.96. The van der Waals surface area contributed by atoms with E-state index in [1.54, 1.807) is 24.3 Å². The minimum absolute atomic E-state index is 0.0217. The van der Waals surface area contributed by atoms with Crippen molar-refractivity contribution in [2.75, 3.05) is 19.6 Å². The Labute approximate surface area is 143 Å². The summed E-state index contributed by atoms with van der Waals surface area (Å²) in [6, 6.07) is 8.92. The summed E-state index contributed by atoms with van der Waals surface area (Å²) in [4.78, 5) is 35.1. The molecule has 0 aliphatic carbocycles. The SMILES string of the molecule is CC(C)(C)C(=O)NCCCC(=O)NCCNC(=O)c1ccccc1. The number of hydrogen-bond donors (Lipinski definition) is 3. The zero-order valence-corrected chi connectivity index (χ0v) is 14.6. The van der Waals surface area contributed by atoms with Crippen LogP contribution in [-0.2, 0) is 9.59 Å². The van der Waals surface area contributed by atoms with Crippen LogP contribution in [0.25, 0.3) is 0 Å². The van der Waals surface area contributed by atoms with Crippen molar-refractivity contribution in [1.29, 1.82) is 0 Å². The van der Waals surface area contributed by atoms with E-state index in [-0.39, 0.29) is 17.7 Å². The van der Waals surface area contributed by atoms with Crippen LogP contribution in [0.2, 0.25) is 0 Å². The largest absolute Gasteiger partial charge is 0.356 e. The molecule has 0 aliphatic heterocycles. The van der Waals surface area contributed by atoms with Gasteiger partial charge < -0.3 is 16.0 Å². The third-order valence-corrected chi connectivity index (χ3v) is 3.32. The van der Waals surface area contributed by atoms with Gasteiger partial charge in [-0.2, -0.15) is 0 Å². The minimum Gasteiger partial charge on any atom is -0.356 e. The van der Waals surface area contributed by atoms with E-state index < -0.39 is 5.41 Å². The second-order valence-corrected chi connectivity index (χ2v) is 6.58. The highest BCUT2D eigenvalue weighted by atomic mass is 16.2. The number of hydrogen-bond acceptors (Lipinski definition) is 3. The van der Waals surface area contributed by atoms with Gasteiger partial charge in [-0.25, -0.2) is 0 Å². The zero-order valence-electron chi connectivity index (χ0n) is 14.6. The number of amides is 3. The van der Waals surface area contributed by atoms with Gasteiger partial charge in [0.05, 0.1) is 0 Å². The second-order valence-electron chi connectivity index (χ2n) is 6.58. The molecule has 0 saturated heterocycles. The summed E-state index contributed by atoms with van der Waals surface area (Å²) in [5.41, 5.74) is 0.178. The molecule has 0 radical (unpaired) electrons. The molecule has 6 heteroatoms. The lowest BCUT2D eigenvalue weighted by Crippen LogP contribution is -2.36. The molecule has 0 spiro atoms. The average molecular weight is 333 g/mol. The molecule has 0 unspecified atom stereocenters. The Morgan fingerprint density at radius 2 is 1.50 bits per heavy atom. The highest BCUT2D eigenvalue weighted by Gasteiger charge is 2.20. The number of rotatable bonds is 8. The van der Waals surface area contributed by atoms with Gasteiger partial charge in [-0.05, 0) is 18.6 Å². The third kappa shape index (κ3) is 7.76. The number of carbonyl (C=O) groups excluding carboxylic acids is 3. The molecule has 1 aromatic carbocycles. The standard InChI is InChI=1S/C18H27N3O3/c1-18(2,3)17(24)21-11-7-10-15(22)19-12-13-20-16(23)14-8-5-4-6-9-14/h4-6,8-9H,7,10-13H2,1-3H3,(H,19,22)(H,20,23)(H,21,24). The van der Waals surface area contributed by atoms with Gasteiger partial charge >= 0.3 is 0 Å². The first-order valence-corrected chi connectivity index (χ1v) is 8.19. The molecule has 0 aliphatic rings. The fourth-order valence-corrected chi connectivity index (χ4v) is 1.87. The second kappa shape index (κ2) is 9.70. The van der Waals surface area contributed by atoms with Gasteiger partial charge in [0.2, 0.25) is 11.8 Å². The maximum absolute atomic E-state index is 11.8. The summed E-state index contributed by atoms with van der Waals surface area (Å²) in [5, 5.41) is 8.29. The van der Waals surface area contributed by atoms with Crippen LogP contribution in [0.3, 0.4) is 0 Å². The van der Waals surface area contributed by atoms with Crippen molar-refractivity contribution in [2.24, 2.45) is 5.41 Å². The number of carbonyl (C=O) groups is 3. The maximum Gasteiger partial charge on any atom is 0.251 e. The topological polar surface area (TPSA) is 87.3 Å². The summed E-state index contributed by atoms with van der Waals surface area (Å²) in [6.07, 6.45) is 0.932. The third-order valence-electron chi connectivity index (χ3n) is 3.32. The fourth-order valence-electron chi connectivity index (χ4n) is 1.87. The molecule has 1 aromatic rings. The van der Waals surface area contributed by atoms with Gasteiger partial charge in [-0.3, -0.25) is 14.4 Å². The first-order chi connectivity index (χ1) is 11.3. The van der Waals surface area contributed by atoms with Crippen molar-refractivity contribution in [1.82, 2.24) is 16.0 Å². The Bertz CT molecular complexity index is 550. The Kier molecular flexibility index (Phi) is 7.95. The normalized spacial score (nSPS) is 10.8.